The fraction of sp³-hybridized carbons (Fsp3) is 0.667. The van der Waals surface area contributed by atoms with Gasteiger partial charge in [0.05, 0.1) is 0 Å². The second-order valence-corrected chi connectivity index (χ2v) is 2.59. The first-order valence-electron chi connectivity index (χ1n) is 3.78. The van der Waals surface area contributed by atoms with E-state index in [2.05, 4.69) is 12.7 Å². The summed E-state index contributed by atoms with van der Waals surface area (Å²) in [5.74, 6) is 0.909. The maximum Gasteiger partial charge on any atom is -0.0127 e. The van der Waals surface area contributed by atoms with Crippen LogP contribution in [-0.4, -0.2) is 0 Å². The van der Waals surface area contributed by atoms with E-state index in [1.54, 1.807) is 0 Å². The quantitative estimate of drug-likeness (QED) is 0.494. The third-order valence-electron chi connectivity index (χ3n) is 1.78. The molecule has 0 aromatic heterocycles. The van der Waals surface area contributed by atoms with Crippen molar-refractivity contribution in [2.45, 2.75) is 33.1 Å². The molecule has 0 spiro atoms. The van der Waals surface area contributed by atoms with Crippen LogP contribution in [-0.2, 0) is 0 Å². The Bertz CT molecular complexity index is 143. The summed E-state index contributed by atoms with van der Waals surface area (Å²) in [6, 6.07) is 0. The van der Waals surface area contributed by atoms with Gasteiger partial charge in [-0.25, -0.2) is 0 Å². The Morgan fingerprint density at radius 1 is 1.67 bits per heavy atom. The maximum absolute atomic E-state index is 3.29. The van der Waals surface area contributed by atoms with Crippen molar-refractivity contribution in [1.82, 2.24) is 0 Å². The van der Waals surface area contributed by atoms with E-state index in [0.717, 1.165) is 5.92 Å². The summed E-state index contributed by atoms with van der Waals surface area (Å²) in [7, 11) is 0. The summed E-state index contributed by atoms with van der Waals surface area (Å²) < 4.78 is 0. The smallest absolute Gasteiger partial charge is 0.0127 e. The highest BCUT2D eigenvalue weighted by Gasteiger charge is 2.24. The molecule has 0 heteroatoms. The molecular formula is C9H14. The van der Waals surface area contributed by atoms with Gasteiger partial charge in [-0.05, 0) is 43.8 Å². The molecule has 0 atom stereocenters. The van der Waals surface area contributed by atoms with Crippen molar-refractivity contribution in [2.24, 2.45) is 5.92 Å². The Balaban J connectivity index is 2.57. The van der Waals surface area contributed by atoms with Crippen LogP contribution in [0.4, 0.5) is 0 Å². The van der Waals surface area contributed by atoms with E-state index < -0.39 is 0 Å². The third-order valence-corrected chi connectivity index (χ3v) is 1.78. The highest BCUT2D eigenvalue weighted by atomic mass is 14.3. The first kappa shape index (κ1) is 6.64. The van der Waals surface area contributed by atoms with Gasteiger partial charge >= 0.3 is 0 Å². The molecule has 0 aromatic carbocycles. The van der Waals surface area contributed by atoms with Crippen molar-refractivity contribution < 1.29 is 0 Å². The molecule has 1 fully saturated rings. The van der Waals surface area contributed by atoms with Crippen LogP contribution in [0.1, 0.15) is 33.1 Å². The third kappa shape index (κ3) is 1.73. The van der Waals surface area contributed by atoms with Gasteiger partial charge in [-0.3, -0.25) is 0 Å². The topological polar surface area (TPSA) is 0 Å². The summed E-state index contributed by atoms with van der Waals surface area (Å²) >= 11 is 0. The Hall–Kier alpha value is -0.480. The Labute approximate surface area is 57.3 Å². The zero-order valence-corrected chi connectivity index (χ0v) is 6.28. The van der Waals surface area contributed by atoms with Crippen molar-refractivity contribution >= 4 is 0 Å². The van der Waals surface area contributed by atoms with Crippen LogP contribution in [0.2, 0.25) is 0 Å². The maximum atomic E-state index is 3.29. The van der Waals surface area contributed by atoms with E-state index in [1.807, 2.05) is 13.0 Å². The standard InChI is InChI=1S/C9H14/c1-3-5-8(4-2)9-6-7-9/h3,9H,4,6-7H2,1-2H3. The second-order valence-electron chi connectivity index (χ2n) is 2.59. The Kier molecular flexibility index (Phi) is 2.13. The van der Waals surface area contributed by atoms with E-state index in [-0.39, 0.29) is 0 Å². The van der Waals surface area contributed by atoms with Crippen molar-refractivity contribution in [1.29, 1.82) is 0 Å². The molecule has 0 heterocycles. The zero-order valence-electron chi connectivity index (χ0n) is 6.28. The Morgan fingerprint density at radius 2 is 2.33 bits per heavy atom. The van der Waals surface area contributed by atoms with Crippen LogP contribution in [0.15, 0.2) is 17.4 Å². The largest absolute Gasteiger partial charge is 0.126 e. The molecule has 1 aliphatic carbocycles. The van der Waals surface area contributed by atoms with Gasteiger partial charge in [0.15, 0.2) is 0 Å². The molecule has 0 radical (unpaired) electrons. The predicted octanol–water partition coefficient (Wildman–Crippen LogP) is 2.91. The monoisotopic (exact) mass is 122 g/mol. The fourth-order valence-electron chi connectivity index (χ4n) is 1.13. The normalized spacial score (nSPS) is 16.7. The van der Waals surface area contributed by atoms with Crippen LogP contribution in [0, 0.1) is 5.92 Å². The molecule has 1 aliphatic rings. The highest BCUT2D eigenvalue weighted by molar-refractivity contribution is 5.10. The average Bonchev–Trinajstić information content (AvgIpc) is 2.64. The molecule has 0 aromatic rings. The molecule has 0 nitrogen and oxygen atoms in total. The highest BCUT2D eigenvalue weighted by Crippen LogP contribution is 2.37. The van der Waals surface area contributed by atoms with Gasteiger partial charge in [0.1, 0.15) is 0 Å². The number of rotatable bonds is 2. The predicted molar refractivity (Wildman–Crippen MR) is 40.3 cm³/mol. The van der Waals surface area contributed by atoms with E-state index >= 15 is 0 Å². The minimum Gasteiger partial charge on any atom is -0.126 e. The van der Waals surface area contributed by atoms with Gasteiger partial charge in [0, 0.05) is 0 Å². The van der Waals surface area contributed by atoms with Gasteiger partial charge in [0.25, 0.3) is 0 Å². The molecule has 1 rings (SSSR count). The fourth-order valence-corrected chi connectivity index (χ4v) is 1.13. The molecule has 0 saturated heterocycles. The summed E-state index contributed by atoms with van der Waals surface area (Å²) in [4.78, 5) is 0. The van der Waals surface area contributed by atoms with Gasteiger partial charge in [-0.1, -0.05) is 6.92 Å². The van der Waals surface area contributed by atoms with Crippen LogP contribution in [0.5, 0.6) is 0 Å². The van der Waals surface area contributed by atoms with E-state index in [1.165, 1.54) is 24.8 Å². The summed E-state index contributed by atoms with van der Waals surface area (Å²) in [5.41, 5.74) is 4.81. The van der Waals surface area contributed by atoms with Crippen LogP contribution < -0.4 is 0 Å². The lowest BCUT2D eigenvalue weighted by Crippen LogP contribution is -1.78. The SMILES string of the molecule is CC=C=C(CC)C1CC1. The molecular weight excluding hydrogens is 108 g/mol. The number of hydrogen-bond donors (Lipinski definition) is 0. The lowest BCUT2D eigenvalue weighted by Gasteiger charge is -1.93. The van der Waals surface area contributed by atoms with Gasteiger partial charge in [-0.2, -0.15) is 0 Å². The summed E-state index contributed by atoms with van der Waals surface area (Å²) in [5, 5.41) is 0. The number of allylic oxidation sites excluding steroid dienone is 1. The molecule has 9 heavy (non-hydrogen) atoms. The zero-order chi connectivity index (χ0) is 6.69. The summed E-state index contributed by atoms with van der Waals surface area (Å²) in [6.45, 7) is 4.25. The first-order chi connectivity index (χ1) is 4.38. The molecule has 1 saturated carbocycles. The number of hydrogen-bond acceptors (Lipinski definition) is 0. The van der Waals surface area contributed by atoms with E-state index in [9.17, 15) is 0 Å². The molecule has 0 bridgehead atoms. The van der Waals surface area contributed by atoms with Gasteiger partial charge < -0.3 is 0 Å². The minimum absolute atomic E-state index is 0.909. The minimum atomic E-state index is 0.909. The summed E-state index contributed by atoms with van der Waals surface area (Å²) in [6.07, 6.45) is 6.03. The van der Waals surface area contributed by atoms with Gasteiger partial charge in [0.2, 0.25) is 0 Å². The lowest BCUT2D eigenvalue weighted by atomic mass is 10.1. The van der Waals surface area contributed by atoms with Crippen molar-refractivity contribution in [3.63, 3.8) is 0 Å². The van der Waals surface area contributed by atoms with E-state index in [0.29, 0.717) is 0 Å². The van der Waals surface area contributed by atoms with Gasteiger partial charge in [-0.15, -0.1) is 5.73 Å². The lowest BCUT2D eigenvalue weighted by molar-refractivity contribution is 0.916. The molecule has 50 valence electrons. The molecule has 0 unspecified atom stereocenters. The van der Waals surface area contributed by atoms with Crippen molar-refractivity contribution in [3.05, 3.63) is 17.4 Å². The first-order valence-corrected chi connectivity index (χ1v) is 3.78. The van der Waals surface area contributed by atoms with Crippen LogP contribution in [0.25, 0.3) is 0 Å². The average molecular weight is 122 g/mol. The molecule has 0 aliphatic heterocycles. The van der Waals surface area contributed by atoms with Crippen molar-refractivity contribution in [3.8, 4) is 0 Å². The van der Waals surface area contributed by atoms with E-state index in [4.69, 9.17) is 0 Å². The van der Waals surface area contributed by atoms with Crippen LogP contribution >= 0.6 is 0 Å². The van der Waals surface area contributed by atoms with Crippen LogP contribution in [0.3, 0.4) is 0 Å². The van der Waals surface area contributed by atoms with Crippen molar-refractivity contribution in [2.75, 3.05) is 0 Å². The Morgan fingerprint density at radius 3 is 2.67 bits per heavy atom. The molecule has 0 N–H and O–H groups in total. The second kappa shape index (κ2) is 2.89. The molecule has 0 amide bonds.